The van der Waals surface area contributed by atoms with Crippen molar-refractivity contribution in [3.05, 3.63) is 16.9 Å². The van der Waals surface area contributed by atoms with Gasteiger partial charge >= 0.3 is 0 Å². The molecule has 1 heterocycles. The summed E-state index contributed by atoms with van der Waals surface area (Å²) >= 11 is 3.35. The van der Waals surface area contributed by atoms with Crippen molar-refractivity contribution in [2.24, 2.45) is 0 Å². The second-order valence-electron chi connectivity index (χ2n) is 2.70. The predicted molar refractivity (Wildman–Crippen MR) is 56.7 cm³/mol. The second kappa shape index (κ2) is 4.43. The number of aliphatic hydroxyl groups is 1. The molecule has 0 aliphatic carbocycles. The molecule has 4 nitrogen and oxygen atoms in total. The molecule has 72 valence electrons. The molecule has 0 amide bonds. The molecular formula is C8H12BrN3O. The molecule has 3 N–H and O–H groups in total. The number of anilines is 2. The summed E-state index contributed by atoms with van der Waals surface area (Å²) in [6, 6.07) is 0. The summed E-state index contributed by atoms with van der Waals surface area (Å²) in [7, 11) is 1.87. The summed E-state index contributed by atoms with van der Waals surface area (Å²) in [5.41, 5.74) is 7.20. The lowest BCUT2D eigenvalue weighted by molar-refractivity contribution is 0.304. The fourth-order valence-corrected chi connectivity index (χ4v) is 1.76. The van der Waals surface area contributed by atoms with Crippen LogP contribution in [0.5, 0.6) is 0 Å². The Labute approximate surface area is 85.5 Å². The van der Waals surface area contributed by atoms with Gasteiger partial charge in [-0.2, -0.15) is 0 Å². The highest BCUT2D eigenvalue weighted by Gasteiger charge is 2.08. The van der Waals surface area contributed by atoms with Gasteiger partial charge in [0.25, 0.3) is 0 Å². The molecule has 0 unspecified atom stereocenters. The average Bonchev–Trinajstić information content (AvgIpc) is 2.04. The maximum Gasteiger partial charge on any atom is 0.0774 e. The van der Waals surface area contributed by atoms with Crippen molar-refractivity contribution in [1.29, 1.82) is 0 Å². The van der Waals surface area contributed by atoms with Crippen LogP contribution in [-0.2, 0) is 0 Å². The summed E-state index contributed by atoms with van der Waals surface area (Å²) in [5, 5.41) is 8.77. The van der Waals surface area contributed by atoms with Crippen LogP contribution < -0.4 is 10.6 Å². The van der Waals surface area contributed by atoms with Crippen LogP contribution >= 0.6 is 15.9 Å². The summed E-state index contributed by atoms with van der Waals surface area (Å²) in [6.45, 7) is 0.650. The van der Waals surface area contributed by atoms with E-state index in [2.05, 4.69) is 20.9 Å². The number of halogens is 1. The minimum Gasteiger partial charge on any atom is -0.396 e. The van der Waals surface area contributed by atoms with Gasteiger partial charge in [0.15, 0.2) is 0 Å². The van der Waals surface area contributed by atoms with Crippen molar-refractivity contribution in [3.8, 4) is 0 Å². The molecule has 0 saturated carbocycles. The highest BCUT2D eigenvalue weighted by Crippen LogP contribution is 2.29. The molecule has 0 spiro atoms. The van der Waals surface area contributed by atoms with Crippen molar-refractivity contribution in [2.45, 2.75) is 0 Å². The molecule has 0 radical (unpaired) electrons. The van der Waals surface area contributed by atoms with E-state index in [0.29, 0.717) is 12.2 Å². The fraction of sp³-hybridized carbons (Fsp3) is 0.375. The molecule has 0 saturated heterocycles. The van der Waals surface area contributed by atoms with Gasteiger partial charge in [0.2, 0.25) is 0 Å². The van der Waals surface area contributed by atoms with Crippen LogP contribution in [0.1, 0.15) is 0 Å². The third-order valence-electron chi connectivity index (χ3n) is 1.72. The van der Waals surface area contributed by atoms with Gasteiger partial charge in [-0.1, -0.05) is 0 Å². The van der Waals surface area contributed by atoms with Crippen LogP contribution in [0.4, 0.5) is 11.4 Å². The van der Waals surface area contributed by atoms with E-state index in [1.54, 1.807) is 12.4 Å². The SMILES string of the molecule is CN(CCO)c1c(N)cncc1Br. The zero-order chi connectivity index (χ0) is 9.84. The normalized spacial score (nSPS) is 10.1. The standard InChI is InChI=1S/C8H12BrN3O/c1-12(2-3-13)8-6(9)4-11-5-7(8)10/h4-5,13H,2-3,10H2,1H3. The third kappa shape index (κ3) is 2.32. The maximum atomic E-state index is 8.77. The zero-order valence-corrected chi connectivity index (χ0v) is 8.95. The van der Waals surface area contributed by atoms with Crippen LogP contribution in [0.3, 0.4) is 0 Å². The minimum absolute atomic E-state index is 0.102. The van der Waals surface area contributed by atoms with Crippen LogP contribution in [0.25, 0.3) is 0 Å². The van der Waals surface area contributed by atoms with Crippen LogP contribution in [0, 0.1) is 0 Å². The first-order valence-electron chi connectivity index (χ1n) is 3.87. The maximum absolute atomic E-state index is 8.77. The molecule has 0 bridgehead atoms. The lowest BCUT2D eigenvalue weighted by Gasteiger charge is -2.20. The smallest absolute Gasteiger partial charge is 0.0774 e. The molecule has 0 aromatic carbocycles. The molecule has 0 atom stereocenters. The Bertz CT molecular complexity index is 272. The van der Waals surface area contributed by atoms with Crippen LogP contribution in [0.15, 0.2) is 16.9 Å². The van der Waals surface area contributed by atoms with Gasteiger partial charge in [-0.3, -0.25) is 4.98 Å². The Morgan fingerprint density at radius 1 is 1.62 bits per heavy atom. The molecule has 1 aromatic heterocycles. The summed E-state index contributed by atoms with van der Waals surface area (Å²) in [4.78, 5) is 5.80. The predicted octanol–water partition coefficient (Wildman–Crippen LogP) is 0.855. The van der Waals surface area contributed by atoms with Gasteiger partial charge in [0.05, 0.1) is 28.7 Å². The van der Waals surface area contributed by atoms with E-state index in [1.165, 1.54) is 0 Å². The fourth-order valence-electron chi connectivity index (χ4n) is 1.11. The number of likely N-dealkylation sites (N-methyl/N-ethyl adjacent to an activating group) is 1. The monoisotopic (exact) mass is 245 g/mol. The summed E-state index contributed by atoms with van der Waals surface area (Å²) in [6.07, 6.45) is 3.27. The van der Waals surface area contributed by atoms with Gasteiger partial charge in [0, 0.05) is 19.8 Å². The number of nitrogens with zero attached hydrogens (tertiary/aromatic N) is 2. The van der Waals surface area contributed by atoms with E-state index in [0.717, 1.165) is 10.2 Å². The molecular weight excluding hydrogens is 234 g/mol. The van der Waals surface area contributed by atoms with Gasteiger partial charge in [0.1, 0.15) is 0 Å². The van der Waals surface area contributed by atoms with Gasteiger partial charge in [-0.15, -0.1) is 0 Å². The van der Waals surface area contributed by atoms with E-state index < -0.39 is 0 Å². The Morgan fingerprint density at radius 3 is 2.85 bits per heavy atom. The number of aliphatic hydroxyl groups excluding tert-OH is 1. The Kier molecular flexibility index (Phi) is 3.50. The molecule has 1 aromatic rings. The van der Waals surface area contributed by atoms with Gasteiger partial charge in [-0.25, -0.2) is 0 Å². The number of hydrogen-bond donors (Lipinski definition) is 2. The molecule has 0 aliphatic heterocycles. The first-order valence-corrected chi connectivity index (χ1v) is 4.67. The summed E-state index contributed by atoms with van der Waals surface area (Å²) < 4.78 is 0.837. The number of nitrogen functional groups attached to an aromatic ring is 1. The van der Waals surface area contributed by atoms with Crippen molar-refractivity contribution in [1.82, 2.24) is 4.98 Å². The largest absolute Gasteiger partial charge is 0.396 e. The molecule has 0 aliphatic rings. The first kappa shape index (κ1) is 10.3. The lowest BCUT2D eigenvalue weighted by atomic mass is 10.3. The van der Waals surface area contributed by atoms with Crippen molar-refractivity contribution in [3.63, 3.8) is 0 Å². The van der Waals surface area contributed by atoms with E-state index in [9.17, 15) is 0 Å². The minimum atomic E-state index is 0.102. The number of aromatic nitrogens is 1. The lowest BCUT2D eigenvalue weighted by Crippen LogP contribution is -2.22. The highest BCUT2D eigenvalue weighted by molar-refractivity contribution is 9.10. The number of pyridine rings is 1. The second-order valence-corrected chi connectivity index (χ2v) is 3.56. The number of nitrogens with two attached hydrogens (primary N) is 1. The van der Waals surface area contributed by atoms with E-state index in [1.807, 2.05) is 11.9 Å². The Balaban J connectivity index is 2.98. The number of rotatable bonds is 3. The number of hydrogen-bond acceptors (Lipinski definition) is 4. The van der Waals surface area contributed by atoms with Crippen molar-refractivity contribution >= 4 is 27.3 Å². The molecule has 5 heteroatoms. The quantitative estimate of drug-likeness (QED) is 0.830. The van der Waals surface area contributed by atoms with Gasteiger partial charge < -0.3 is 15.7 Å². The molecule has 0 fully saturated rings. The van der Waals surface area contributed by atoms with E-state index in [4.69, 9.17) is 10.8 Å². The Morgan fingerprint density at radius 2 is 2.31 bits per heavy atom. The van der Waals surface area contributed by atoms with Crippen LogP contribution in [0.2, 0.25) is 0 Å². The van der Waals surface area contributed by atoms with E-state index >= 15 is 0 Å². The van der Waals surface area contributed by atoms with Crippen molar-refractivity contribution in [2.75, 3.05) is 30.8 Å². The van der Waals surface area contributed by atoms with Crippen molar-refractivity contribution < 1.29 is 5.11 Å². The summed E-state index contributed by atoms with van der Waals surface area (Å²) in [5.74, 6) is 0. The average molecular weight is 246 g/mol. The topological polar surface area (TPSA) is 62.4 Å². The van der Waals surface area contributed by atoms with Gasteiger partial charge in [-0.05, 0) is 15.9 Å². The van der Waals surface area contributed by atoms with E-state index in [-0.39, 0.29) is 6.61 Å². The highest BCUT2D eigenvalue weighted by atomic mass is 79.9. The zero-order valence-electron chi connectivity index (χ0n) is 7.37. The first-order chi connectivity index (χ1) is 6.16. The molecule has 1 rings (SSSR count). The van der Waals surface area contributed by atoms with Crippen LogP contribution in [-0.4, -0.2) is 30.3 Å². The Hall–Kier alpha value is -0.810. The molecule has 13 heavy (non-hydrogen) atoms. The third-order valence-corrected chi connectivity index (χ3v) is 2.30.